The summed E-state index contributed by atoms with van der Waals surface area (Å²) in [6, 6.07) is 11.2. The minimum Gasteiger partial charge on any atom is -0.338 e. The standard InChI is InChI=1S/C14H11FN2O2S/c1-20(18,19)9-6-7-10(11(15)8-9)14-16-12-4-2-3-5-13(12)17-14/h2-8H,1H3,(H,16,17). The molecule has 0 amide bonds. The first-order chi connectivity index (χ1) is 9.45. The van der Waals surface area contributed by atoms with Gasteiger partial charge in [-0.25, -0.2) is 17.8 Å². The number of hydrogen-bond acceptors (Lipinski definition) is 3. The smallest absolute Gasteiger partial charge is 0.175 e. The van der Waals surface area contributed by atoms with Gasteiger partial charge in [0.15, 0.2) is 9.84 Å². The molecule has 4 nitrogen and oxygen atoms in total. The summed E-state index contributed by atoms with van der Waals surface area (Å²) in [6.07, 6.45) is 1.04. The molecule has 2 aromatic carbocycles. The second kappa shape index (κ2) is 4.42. The molecule has 0 saturated carbocycles. The highest BCUT2D eigenvalue weighted by molar-refractivity contribution is 7.90. The Kier molecular flexibility index (Phi) is 2.83. The summed E-state index contributed by atoms with van der Waals surface area (Å²) in [5.74, 6) is -0.240. The van der Waals surface area contributed by atoms with Crippen LogP contribution in [0.5, 0.6) is 0 Å². The van der Waals surface area contributed by atoms with Crippen molar-refractivity contribution >= 4 is 20.9 Å². The Morgan fingerprint density at radius 3 is 2.55 bits per heavy atom. The molecule has 3 aromatic rings. The molecule has 1 aromatic heterocycles. The third-order valence-electron chi connectivity index (χ3n) is 3.01. The van der Waals surface area contributed by atoms with Crippen molar-refractivity contribution in [2.75, 3.05) is 6.26 Å². The first-order valence-corrected chi connectivity index (χ1v) is 7.79. The number of rotatable bonds is 2. The van der Waals surface area contributed by atoms with Gasteiger partial charge in [-0.1, -0.05) is 12.1 Å². The Morgan fingerprint density at radius 2 is 1.90 bits per heavy atom. The summed E-state index contributed by atoms with van der Waals surface area (Å²) in [7, 11) is -3.42. The molecule has 6 heteroatoms. The number of imidazole rings is 1. The molecule has 1 N–H and O–H groups in total. The first-order valence-electron chi connectivity index (χ1n) is 5.90. The van der Waals surface area contributed by atoms with Gasteiger partial charge in [-0.3, -0.25) is 0 Å². The van der Waals surface area contributed by atoms with Crippen molar-refractivity contribution in [2.24, 2.45) is 0 Å². The Labute approximate surface area is 115 Å². The Bertz CT molecular complexity index is 867. The van der Waals surface area contributed by atoms with Crippen LogP contribution in [-0.4, -0.2) is 24.6 Å². The summed E-state index contributed by atoms with van der Waals surface area (Å²) < 4.78 is 36.8. The van der Waals surface area contributed by atoms with Crippen LogP contribution in [-0.2, 0) is 9.84 Å². The van der Waals surface area contributed by atoms with Crippen LogP contribution in [0.4, 0.5) is 4.39 Å². The maximum Gasteiger partial charge on any atom is 0.175 e. The average molecular weight is 290 g/mol. The molecule has 3 rings (SSSR count). The summed E-state index contributed by atoms with van der Waals surface area (Å²) in [4.78, 5) is 7.25. The number of aromatic amines is 1. The Hall–Kier alpha value is -2.21. The molecule has 0 unspecified atom stereocenters. The zero-order chi connectivity index (χ0) is 14.3. The lowest BCUT2D eigenvalue weighted by Crippen LogP contribution is -1.98. The number of halogens is 1. The maximum absolute atomic E-state index is 14.1. The zero-order valence-corrected chi connectivity index (χ0v) is 11.4. The lowest BCUT2D eigenvalue weighted by atomic mass is 10.2. The SMILES string of the molecule is CS(=O)(=O)c1ccc(-c2nc3ccccc3[nH]2)c(F)c1. The van der Waals surface area contributed by atoms with E-state index in [4.69, 9.17) is 0 Å². The van der Waals surface area contributed by atoms with E-state index in [1.165, 1.54) is 12.1 Å². The molecule has 0 aliphatic rings. The highest BCUT2D eigenvalue weighted by Crippen LogP contribution is 2.25. The van der Waals surface area contributed by atoms with Crippen LogP contribution in [0, 0.1) is 5.82 Å². The van der Waals surface area contributed by atoms with E-state index >= 15 is 0 Å². The predicted octanol–water partition coefficient (Wildman–Crippen LogP) is 2.77. The number of hydrogen-bond donors (Lipinski definition) is 1. The quantitative estimate of drug-likeness (QED) is 0.789. The Morgan fingerprint density at radius 1 is 1.15 bits per heavy atom. The lowest BCUT2D eigenvalue weighted by Gasteiger charge is -2.02. The molecule has 0 aliphatic carbocycles. The molecule has 1 heterocycles. The normalized spacial score (nSPS) is 11.9. The van der Waals surface area contributed by atoms with Crippen molar-refractivity contribution in [3.63, 3.8) is 0 Å². The fourth-order valence-electron chi connectivity index (χ4n) is 2.00. The molecule has 102 valence electrons. The van der Waals surface area contributed by atoms with Gasteiger partial charge in [0.05, 0.1) is 21.5 Å². The van der Waals surface area contributed by atoms with Crippen molar-refractivity contribution in [1.29, 1.82) is 0 Å². The van der Waals surface area contributed by atoms with Gasteiger partial charge in [0.25, 0.3) is 0 Å². The van der Waals surface area contributed by atoms with E-state index in [9.17, 15) is 12.8 Å². The van der Waals surface area contributed by atoms with Crippen LogP contribution in [0.2, 0.25) is 0 Å². The van der Waals surface area contributed by atoms with Crippen molar-refractivity contribution < 1.29 is 12.8 Å². The maximum atomic E-state index is 14.1. The van der Waals surface area contributed by atoms with Crippen LogP contribution >= 0.6 is 0 Å². The average Bonchev–Trinajstić information content (AvgIpc) is 2.80. The largest absolute Gasteiger partial charge is 0.338 e. The summed E-state index contributed by atoms with van der Waals surface area (Å²) in [5.41, 5.74) is 1.77. The van der Waals surface area contributed by atoms with Gasteiger partial charge in [0, 0.05) is 6.26 Å². The van der Waals surface area contributed by atoms with Crippen molar-refractivity contribution in [3.8, 4) is 11.4 Å². The second-order valence-corrected chi connectivity index (χ2v) is 6.53. The number of fused-ring (bicyclic) bond motifs is 1. The highest BCUT2D eigenvalue weighted by Gasteiger charge is 2.14. The molecule has 20 heavy (non-hydrogen) atoms. The van der Waals surface area contributed by atoms with Gasteiger partial charge in [-0.2, -0.15) is 0 Å². The Balaban J connectivity index is 2.15. The van der Waals surface area contributed by atoms with E-state index in [1.54, 1.807) is 0 Å². The number of aromatic nitrogens is 2. The minimum atomic E-state index is -3.42. The van der Waals surface area contributed by atoms with E-state index in [0.29, 0.717) is 5.82 Å². The van der Waals surface area contributed by atoms with E-state index in [0.717, 1.165) is 23.4 Å². The number of benzene rings is 2. The third-order valence-corrected chi connectivity index (χ3v) is 4.12. The monoisotopic (exact) mass is 290 g/mol. The molecule has 0 aliphatic heterocycles. The second-order valence-electron chi connectivity index (χ2n) is 4.52. The van der Waals surface area contributed by atoms with Gasteiger partial charge in [0.1, 0.15) is 11.6 Å². The van der Waals surface area contributed by atoms with Gasteiger partial charge >= 0.3 is 0 Å². The molecule has 0 bridgehead atoms. The number of H-pyrrole nitrogens is 1. The van der Waals surface area contributed by atoms with E-state index < -0.39 is 15.7 Å². The molecule has 0 fully saturated rings. The van der Waals surface area contributed by atoms with Crippen molar-refractivity contribution in [1.82, 2.24) is 9.97 Å². The molecular formula is C14H11FN2O2S. The first kappa shape index (κ1) is 12.8. The predicted molar refractivity (Wildman–Crippen MR) is 74.6 cm³/mol. The highest BCUT2D eigenvalue weighted by atomic mass is 32.2. The minimum absolute atomic E-state index is 0.0464. The van der Waals surface area contributed by atoms with Gasteiger partial charge in [-0.05, 0) is 30.3 Å². The number of nitrogens with zero attached hydrogens (tertiary/aromatic N) is 1. The molecule has 0 saturated heterocycles. The summed E-state index contributed by atoms with van der Waals surface area (Å²) >= 11 is 0. The third kappa shape index (κ3) is 2.18. The fraction of sp³-hybridized carbons (Fsp3) is 0.0714. The van der Waals surface area contributed by atoms with Crippen LogP contribution in [0.1, 0.15) is 0 Å². The number of para-hydroxylation sites is 2. The van der Waals surface area contributed by atoms with Crippen molar-refractivity contribution in [3.05, 3.63) is 48.3 Å². The van der Waals surface area contributed by atoms with Gasteiger partial charge in [0.2, 0.25) is 0 Å². The topological polar surface area (TPSA) is 62.8 Å². The number of sulfone groups is 1. The van der Waals surface area contributed by atoms with Crippen LogP contribution in [0.25, 0.3) is 22.4 Å². The van der Waals surface area contributed by atoms with E-state index in [-0.39, 0.29) is 10.5 Å². The van der Waals surface area contributed by atoms with Gasteiger partial charge in [-0.15, -0.1) is 0 Å². The molecule has 0 radical (unpaired) electrons. The van der Waals surface area contributed by atoms with Crippen LogP contribution < -0.4 is 0 Å². The summed E-state index contributed by atoms with van der Waals surface area (Å²) in [5, 5.41) is 0. The van der Waals surface area contributed by atoms with E-state index in [1.807, 2.05) is 24.3 Å². The van der Waals surface area contributed by atoms with Crippen LogP contribution in [0.15, 0.2) is 47.4 Å². The molecule has 0 atom stereocenters. The van der Waals surface area contributed by atoms with Gasteiger partial charge < -0.3 is 4.98 Å². The zero-order valence-electron chi connectivity index (χ0n) is 10.6. The summed E-state index contributed by atoms with van der Waals surface area (Å²) in [6.45, 7) is 0. The van der Waals surface area contributed by atoms with Crippen LogP contribution in [0.3, 0.4) is 0 Å². The molecular weight excluding hydrogens is 279 g/mol. The lowest BCUT2D eigenvalue weighted by molar-refractivity contribution is 0.596. The fourth-order valence-corrected chi connectivity index (χ4v) is 2.63. The van der Waals surface area contributed by atoms with Crippen molar-refractivity contribution in [2.45, 2.75) is 4.90 Å². The molecule has 0 spiro atoms. The van der Waals surface area contributed by atoms with E-state index in [2.05, 4.69) is 9.97 Å². The number of nitrogens with one attached hydrogen (secondary N) is 1.